The highest BCUT2D eigenvalue weighted by atomic mass is 35.5. The van der Waals surface area contributed by atoms with Crippen molar-refractivity contribution in [2.24, 2.45) is 5.73 Å². The summed E-state index contributed by atoms with van der Waals surface area (Å²) < 4.78 is 20.1. The van der Waals surface area contributed by atoms with Crippen molar-refractivity contribution in [3.05, 3.63) is 82.1 Å². The Morgan fingerprint density at radius 2 is 2.09 bits per heavy atom. The molecule has 0 radical (unpaired) electrons. The summed E-state index contributed by atoms with van der Waals surface area (Å²) in [5.74, 6) is 6.50. The van der Waals surface area contributed by atoms with Crippen LogP contribution < -0.4 is 15.8 Å². The van der Waals surface area contributed by atoms with E-state index in [-0.39, 0.29) is 19.0 Å². The predicted octanol–water partition coefficient (Wildman–Crippen LogP) is 5.08. The van der Waals surface area contributed by atoms with Gasteiger partial charge in [-0.05, 0) is 59.3 Å². The van der Waals surface area contributed by atoms with E-state index in [9.17, 15) is 4.39 Å². The maximum Gasteiger partial charge on any atom is 0.140 e. The summed E-state index contributed by atoms with van der Waals surface area (Å²) in [6.45, 7) is -0.0104. The molecule has 2 aromatic heterocycles. The number of benzene rings is 2. The van der Waals surface area contributed by atoms with E-state index in [1.807, 2.05) is 23.6 Å². The van der Waals surface area contributed by atoms with Gasteiger partial charge in [-0.15, -0.1) is 11.3 Å². The molecule has 0 spiro atoms. The molecule has 4 N–H and O–H groups in total. The Morgan fingerprint density at radius 3 is 2.88 bits per heavy atom. The number of fused-ring (bicyclic) bond motifs is 1. The second kappa shape index (κ2) is 9.98. The third kappa shape index (κ3) is 5.36. The number of aromatic nitrogens is 1. The Labute approximate surface area is 193 Å². The van der Waals surface area contributed by atoms with E-state index in [0.717, 1.165) is 15.8 Å². The van der Waals surface area contributed by atoms with E-state index >= 15 is 0 Å². The Bertz CT molecular complexity index is 1320. The van der Waals surface area contributed by atoms with E-state index in [1.165, 1.54) is 12.1 Å². The molecular weight excluding hydrogens is 449 g/mol. The number of rotatable bonds is 6. The summed E-state index contributed by atoms with van der Waals surface area (Å²) in [6, 6.07) is 14.8. The van der Waals surface area contributed by atoms with Crippen LogP contribution in [-0.2, 0) is 6.61 Å². The van der Waals surface area contributed by atoms with Gasteiger partial charge in [0.15, 0.2) is 0 Å². The van der Waals surface area contributed by atoms with Gasteiger partial charge in [-0.2, -0.15) is 0 Å². The van der Waals surface area contributed by atoms with Gasteiger partial charge >= 0.3 is 0 Å². The molecule has 0 amide bonds. The van der Waals surface area contributed by atoms with Crippen molar-refractivity contribution in [3.63, 3.8) is 0 Å². The summed E-state index contributed by atoms with van der Waals surface area (Å²) in [5, 5.41) is 15.7. The SMILES string of the molecule is N[C@H](C#Cc1cc2sccc2c(Nc2ccc(OCc3cccc(F)c3)c(Cl)c2)n1)CO. The van der Waals surface area contributed by atoms with Gasteiger partial charge in [0.2, 0.25) is 0 Å². The van der Waals surface area contributed by atoms with Crippen molar-refractivity contribution in [1.29, 1.82) is 0 Å². The van der Waals surface area contributed by atoms with Gasteiger partial charge in [-0.1, -0.05) is 29.7 Å². The molecule has 0 unspecified atom stereocenters. The number of anilines is 2. The van der Waals surface area contributed by atoms with Crippen LogP contribution in [-0.4, -0.2) is 22.7 Å². The fourth-order valence-electron chi connectivity index (χ4n) is 2.96. The maximum atomic E-state index is 13.3. The summed E-state index contributed by atoms with van der Waals surface area (Å²) in [7, 11) is 0. The minimum Gasteiger partial charge on any atom is -0.487 e. The smallest absolute Gasteiger partial charge is 0.140 e. The van der Waals surface area contributed by atoms with E-state index in [1.54, 1.807) is 35.6 Å². The molecule has 0 aliphatic carbocycles. The average Bonchev–Trinajstić information content (AvgIpc) is 3.26. The lowest BCUT2D eigenvalue weighted by Crippen LogP contribution is -2.21. The molecule has 32 heavy (non-hydrogen) atoms. The van der Waals surface area contributed by atoms with Crippen LogP contribution >= 0.6 is 22.9 Å². The maximum absolute atomic E-state index is 13.3. The first-order chi connectivity index (χ1) is 15.5. The van der Waals surface area contributed by atoms with Crippen molar-refractivity contribution in [3.8, 4) is 17.6 Å². The normalized spacial score (nSPS) is 11.6. The van der Waals surface area contributed by atoms with Crippen LogP contribution in [0.5, 0.6) is 5.75 Å². The van der Waals surface area contributed by atoms with Crippen molar-refractivity contribution in [2.75, 3.05) is 11.9 Å². The number of thiophene rings is 1. The largest absolute Gasteiger partial charge is 0.487 e. The molecule has 2 heterocycles. The van der Waals surface area contributed by atoms with E-state index in [4.69, 9.17) is 27.2 Å². The first kappa shape index (κ1) is 22.1. The number of aliphatic hydroxyl groups excluding tert-OH is 1. The van der Waals surface area contributed by atoms with Gasteiger partial charge < -0.3 is 20.9 Å². The molecule has 0 bridgehead atoms. The zero-order valence-electron chi connectivity index (χ0n) is 16.8. The average molecular weight is 468 g/mol. The van der Waals surface area contributed by atoms with E-state index in [0.29, 0.717) is 27.8 Å². The standard InChI is InChI=1S/C24H19ClFN3O2S/c25-21-11-18(6-7-22(21)31-14-15-2-1-3-16(26)10-15)28-24-20-8-9-32-23(20)12-19(29-24)5-4-17(27)13-30/h1-3,6-12,17,30H,13-14,27H2,(H,28,29)/t17-/m1/s1. The van der Waals surface area contributed by atoms with Gasteiger partial charge in [0.25, 0.3) is 0 Å². The molecule has 4 rings (SSSR count). The van der Waals surface area contributed by atoms with Gasteiger partial charge in [0.05, 0.1) is 17.7 Å². The minimum atomic E-state index is -0.619. The van der Waals surface area contributed by atoms with Gasteiger partial charge in [-0.25, -0.2) is 9.37 Å². The first-order valence-electron chi connectivity index (χ1n) is 9.72. The minimum absolute atomic E-state index is 0.206. The molecule has 0 saturated carbocycles. The lowest BCUT2D eigenvalue weighted by atomic mass is 10.2. The third-order valence-electron chi connectivity index (χ3n) is 4.51. The molecule has 5 nitrogen and oxygen atoms in total. The van der Waals surface area contributed by atoms with Crippen LogP contribution in [0, 0.1) is 17.7 Å². The fourth-order valence-corrected chi connectivity index (χ4v) is 4.01. The summed E-state index contributed by atoms with van der Waals surface area (Å²) in [6.07, 6.45) is 0. The Balaban J connectivity index is 1.54. The fraction of sp³-hybridized carbons (Fsp3) is 0.125. The Morgan fingerprint density at radius 1 is 1.22 bits per heavy atom. The highest BCUT2D eigenvalue weighted by Gasteiger charge is 2.10. The predicted molar refractivity (Wildman–Crippen MR) is 127 cm³/mol. The van der Waals surface area contributed by atoms with Crippen LogP contribution in [0.2, 0.25) is 5.02 Å². The molecule has 8 heteroatoms. The van der Waals surface area contributed by atoms with Gasteiger partial charge in [0.1, 0.15) is 29.7 Å². The number of ether oxygens (including phenoxy) is 1. The van der Waals surface area contributed by atoms with E-state index in [2.05, 4.69) is 22.1 Å². The third-order valence-corrected chi connectivity index (χ3v) is 5.67. The number of hydrogen-bond acceptors (Lipinski definition) is 6. The van der Waals surface area contributed by atoms with Crippen LogP contribution in [0.4, 0.5) is 15.9 Å². The molecule has 1 atom stereocenters. The molecule has 2 aromatic carbocycles. The van der Waals surface area contributed by atoms with Crippen LogP contribution in [0.15, 0.2) is 60.0 Å². The molecule has 162 valence electrons. The summed E-state index contributed by atoms with van der Waals surface area (Å²) in [5.41, 5.74) is 7.66. The summed E-state index contributed by atoms with van der Waals surface area (Å²) in [4.78, 5) is 4.59. The highest BCUT2D eigenvalue weighted by Crippen LogP contribution is 2.33. The second-order valence-electron chi connectivity index (χ2n) is 6.94. The number of nitrogens with two attached hydrogens (primary N) is 1. The zero-order chi connectivity index (χ0) is 22.5. The van der Waals surface area contributed by atoms with E-state index < -0.39 is 6.04 Å². The molecule has 0 aliphatic rings. The molecular formula is C24H19ClFN3O2S. The van der Waals surface area contributed by atoms with Gasteiger partial charge in [0, 0.05) is 15.8 Å². The van der Waals surface area contributed by atoms with Crippen LogP contribution in [0.3, 0.4) is 0 Å². The number of aliphatic hydroxyl groups is 1. The quantitative estimate of drug-likeness (QED) is 0.344. The van der Waals surface area contributed by atoms with Crippen LogP contribution in [0.25, 0.3) is 10.1 Å². The van der Waals surface area contributed by atoms with Crippen LogP contribution in [0.1, 0.15) is 11.3 Å². The van der Waals surface area contributed by atoms with Crippen molar-refractivity contribution in [1.82, 2.24) is 4.98 Å². The Kier molecular flexibility index (Phi) is 6.88. The zero-order valence-corrected chi connectivity index (χ0v) is 18.4. The topological polar surface area (TPSA) is 80.4 Å². The van der Waals surface area contributed by atoms with Gasteiger partial charge in [-0.3, -0.25) is 0 Å². The lowest BCUT2D eigenvalue weighted by Gasteiger charge is -2.12. The number of nitrogens with zero attached hydrogens (tertiary/aromatic N) is 1. The lowest BCUT2D eigenvalue weighted by molar-refractivity contribution is 0.287. The van der Waals surface area contributed by atoms with Crippen molar-refractivity contribution < 1.29 is 14.2 Å². The number of halogens is 2. The molecule has 4 aromatic rings. The summed E-state index contributed by atoms with van der Waals surface area (Å²) >= 11 is 7.98. The molecule has 0 aliphatic heterocycles. The Hall–Kier alpha value is -3.15. The molecule has 0 fully saturated rings. The highest BCUT2D eigenvalue weighted by molar-refractivity contribution is 7.17. The second-order valence-corrected chi connectivity index (χ2v) is 8.29. The number of pyridine rings is 1. The number of hydrogen-bond donors (Lipinski definition) is 3. The molecule has 0 saturated heterocycles. The monoisotopic (exact) mass is 467 g/mol. The van der Waals surface area contributed by atoms with Crippen molar-refractivity contribution >= 4 is 44.5 Å². The van der Waals surface area contributed by atoms with Crippen molar-refractivity contribution in [2.45, 2.75) is 12.6 Å². The number of nitrogens with one attached hydrogen (secondary N) is 1. The first-order valence-corrected chi connectivity index (χ1v) is 11.0.